The normalized spacial score (nSPS) is 19.2. The molecule has 31 heavy (non-hydrogen) atoms. The van der Waals surface area contributed by atoms with Gasteiger partial charge in [-0.15, -0.1) is 0 Å². The molecular formula is C26H28O5. The van der Waals surface area contributed by atoms with Crippen LogP contribution >= 0.6 is 0 Å². The number of hydrogen-bond acceptors (Lipinski definition) is 5. The number of carbonyl (C=O) groups excluding carboxylic acids is 1. The van der Waals surface area contributed by atoms with Crippen LogP contribution in [0.1, 0.15) is 29.8 Å². The Balaban J connectivity index is 1.84. The van der Waals surface area contributed by atoms with E-state index < -0.39 is 18.2 Å². The minimum atomic E-state index is -0.704. The van der Waals surface area contributed by atoms with Gasteiger partial charge in [0.15, 0.2) is 6.10 Å². The van der Waals surface area contributed by atoms with Crippen molar-refractivity contribution in [2.24, 2.45) is 0 Å². The molecule has 2 aromatic carbocycles. The minimum absolute atomic E-state index is 0.253. The van der Waals surface area contributed by atoms with Gasteiger partial charge in [-0.2, -0.15) is 0 Å². The van der Waals surface area contributed by atoms with Gasteiger partial charge in [0.1, 0.15) is 11.9 Å². The average Bonchev–Trinajstić information content (AvgIpc) is 2.80. The molecule has 1 heterocycles. The fraction of sp³-hybridized carbons (Fsp3) is 0.269. The van der Waals surface area contributed by atoms with Crippen LogP contribution in [0.4, 0.5) is 0 Å². The van der Waals surface area contributed by atoms with Crippen molar-refractivity contribution < 1.29 is 24.1 Å². The Morgan fingerprint density at radius 2 is 1.87 bits per heavy atom. The number of carbonyl (C=O) groups is 1. The van der Waals surface area contributed by atoms with E-state index in [2.05, 4.69) is 12.7 Å². The quantitative estimate of drug-likeness (QED) is 0.524. The summed E-state index contributed by atoms with van der Waals surface area (Å²) in [6, 6.07) is 16.7. The number of aliphatic hydroxyl groups excluding tert-OH is 1. The zero-order valence-electron chi connectivity index (χ0n) is 18.1. The maximum atomic E-state index is 12.7. The molecule has 0 radical (unpaired) electrons. The second kappa shape index (κ2) is 10.2. The van der Waals surface area contributed by atoms with Crippen LogP contribution in [0.2, 0.25) is 0 Å². The van der Waals surface area contributed by atoms with Gasteiger partial charge in [-0.05, 0) is 66.0 Å². The largest absolute Gasteiger partial charge is 0.497 e. The van der Waals surface area contributed by atoms with Crippen LogP contribution < -0.4 is 4.74 Å². The molecule has 0 spiro atoms. The van der Waals surface area contributed by atoms with E-state index in [0.29, 0.717) is 17.9 Å². The summed E-state index contributed by atoms with van der Waals surface area (Å²) in [6.07, 6.45) is 0.723. The summed E-state index contributed by atoms with van der Waals surface area (Å²) < 4.78 is 16.7. The van der Waals surface area contributed by atoms with Crippen LogP contribution in [-0.4, -0.2) is 43.6 Å². The summed E-state index contributed by atoms with van der Waals surface area (Å²) in [6.45, 7) is 8.18. The summed E-state index contributed by atoms with van der Waals surface area (Å²) in [5.41, 5.74) is 5.00. The van der Waals surface area contributed by atoms with Crippen LogP contribution in [0.5, 0.6) is 5.75 Å². The lowest BCUT2D eigenvalue weighted by atomic mass is 9.90. The molecule has 0 saturated carbocycles. The molecule has 5 heteroatoms. The predicted octanol–water partition coefficient (Wildman–Crippen LogP) is 4.59. The van der Waals surface area contributed by atoms with E-state index in [1.807, 2.05) is 44.2 Å². The third-order valence-electron chi connectivity index (χ3n) is 5.44. The van der Waals surface area contributed by atoms with Crippen LogP contribution in [0.15, 0.2) is 83.5 Å². The minimum Gasteiger partial charge on any atom is -0.497 e. The summed E-state index contributed by atoms with van der Waals surface area (Å²) in [5, 5.41) is 9.77. The molecule has 0 amide bonds. The maximum Gasteiger partial charge on any atom is 0.338 e. The summed E-state index contributed by atoms with van der Waals surface area (Å²) in [5.74, 6) is 0.165. The van der Waals surface area contributed by atoms with Gasteiger partial charge in [-0.1, -0.05) is 43.0 Å². The zero-order valence-corrected chi connectivity index (χ0v) is 18.1. The smallest absolute Gasteiger partial charge is 0.338 e. The molecule has 162 valence electrons. The highest BCUT2D eigenvalue weighted by molar-refractivity contribution is 5.89. The van der Waals surface area contributed by atoms with Crippen LogP contribution in [0, 0.1) is 0 Å². The van der Waals surface area contributed by atoms with Crippen molar-refractivity contribution >= 4 is 12.0 Å². The van der Waals surface area contributed by atoms with Gasteiger partial charge in [0, 0.05) is 0 Å². The topological polar surface area (TPSA) is 65.0 Å². The number of methoxy groups -OCH3 is 1. The van der Waals surface area contributed by atoms with Crippen molar-refractivity contribution in [1.29, 1.82) is 0 Å². The van der Waals surface area contributed by atoms with Crippen molar-refractivity contribution in [3.8, 4) is 5.75 Å². The van der Waals surface area contributed by atoms with E-state index in [4.69, 9.17) is 14.2 Å². The lowest BCUT2D eigenvalue weighted by molar-refractivity contribution is -0.0638. The molecule has 1 aliphatic heterocycles. The Bertz CT molecular complexity index is 986. The van der Waals surface area contributed by atoms with Crippen LogP contribution in [0.3, 0.4) is 0 Å². The van der Waals surface area contributed by atoms with Crippen molar-refractivity contribution in [1.82, 2.24) is 0 Å². The summed E-state index contributed by atoms with van der Waals surface area (Å²) in [4.78, 5) is 12.7. The molecule has 0 fully saturated rings. The van der Waals surface area contributed by atoms with E-state index >= 15 is 0 Å². The SMILES string of the molecule is C=C(C1=C(C)[C@H](OC(=O)c2ccc(OC)cc2)[C@@H](CO)OC1)/C(C)=C\c1ccccc1. The molecule has 1 N–H and O–H groups in total. The van der Waals surface area contributed by atoms with Crippen molar-refractivity contribution in [3.05, 3.63) is 94.6 Å². The molecule has 0 unspecified atom stereocenters. The standard InChI is InChI=1S/C26H28O5/c1-17(14-20-8-6-5-7-9-20)18(2)23-16-30-24(15-27)25(19(23)3)31-26(28)21-10-12-22(29-4)13-11-21/h5-14,24-25,27H,2,15-16H2,1,3-4H3/b17-14-/t24-,25+/m1/s1. The van der Waals surface area contributed by atoms with Gasteiger partial charge in [0.05, 0.1) is 25.9 Å². The number of ether oxygens (including phenoxy) is 3. The Hall–Kier alpha value is -3.15. The Morgan fingerprint density at radius 3 is 2.48 bits per heavy atom. The predicted molar refractivity (Wildman–Crippen MR) is 121 cm³/mol. The molecule has 1 aliphatic rings. The summed E-state index contributed by atoms with van der Waals surface area (Å²) in [7, 11) is 1.56. The summed E-state index contributed by atoms with van der Waals surface area (Å²) >= 11 is 0. The van der Waals surface area contributed by atoms with E-state index in [0.717, 1.165) is 27.9 Å². The molecular weight excluding hydrogens is 392 g/mol. The Morgan fingerprint density at radius 1 is 1.19 bits per heavy atom. The molecule has 2 aromatic rings. The highest BCUT2D eigenvalue weighted by Crippen LogP contribution is 2.31. The average molecular weight is 421 g/mol. The Kier molecular flexibility index (Phi) is 7.45. The number of allylic oxidation sites excluding steroid dienone is 1. The number of aliphatic hydroxyl groups is 1. The molecule has 0 aromatic heterocycles. The van der Waals surface area contributed by atoms with Gasteiger partial charge in [-0.25, -0.2) is 4.79 Å². The number of esters is 1. The van der Waals surface area contributed by atoms with E-state index in [9.17, 15) is 9.90 Å². The number of rotatable bonds is 7. The zero-order chi connectivity index (χ0) is 22.4. The first-order valence-electron chi connectivity index (χ1n) is 10.1. The number of hydrogen-bond donors (Lipinski definition) is 1. The Labute approximate surface area is 183 Å². The maximum absolute atomic E-state index is 12.7. The van der Waals surface area contributed by atoms with Crippen molar-refractivity contribution in [2.45, 2.75) is 26.1 Å². The third-order valence-corrected chi connectivity index (χ3v) is 5.44. The van der Waals surface area contributed by atoms with Gasteiger partial charge in [-0.3, -0.25) is 0 Å². The monoisotopic (exact) mass is 420 g/mol. The van der Waals surface area contributed by atoms with Crippen LogP contribution in [-0.2, 0) is 9.47 Å². The van der Waals surface area contributed by atoms with Gasteiger partial charge >= 0.3 is 5.97 Å². The first kappa shape index (κ1) is 22.5. The van der Waals surface area contributed by atoms with Crippen molar-refractivity contribution in [2.75, 3.05) is 20.3 Å². The molecule has 2 atom stereocenters. The molecule has 0 saturated heterocycles. The molecule has 0 aliphatic carbocycles. The van der Waals surface area contributed by atoms with Gasteiger partial charge < -0.3 is 19.3 Å². The first-order chi connectivity index (χ1) is 14.9. The highest BCUT2D eigenvalue weighted by Gasteiger charge is 2.34. The van der Waals surface area contributed by atoms with E-state index in [1.54, 1.807) is 31.4 Å². The second-order valence-electron chi connectivity index (χ2n) is 7.46. The number of benzene rings is 2. The second-order valence-corrected chi connectivity index (χ2v) is 7.46. The fourth-order valence-electron chi connectivity index (χ4n) is 3.51. The third kappa shape index (κ3) is 5.32. The first-order valence-corrected chi connectivity index (χ1v) is 10.1. The lowest BCUT2D eigenvalue weighted by Gasteiger charge is -2.34. The van der Waals surface area contributed by atoms with Crippen LogP contribution in [0.25, 0.3) is 6.08 Å². The molecule has 3 rings (SSSR count). The van der Waals surface area contributed by atoms with Crippen molar-refractivity contribution in [3.63, 3.8) is 0 Å². The van der Waals surface area contributed by atoms with Gasteiger partial charge in [0.2, 0.25) is 0 Å². The fourth-order valence-corrected chi connectivity index (χ4v) is 3.51. The molecule has 5 nitrogen and oxygen atoms in total. The van der Waals surface area contributed by atoms with Gasteiger partial charge in [0.25, 0.3) is 0 Å². The lowest BCUT2D eigenvalue weighted by Crippen LogP contribution is -2.41. The highest BCUT2D eigenvalue weighted by atomic mass is 16.6. The molecule has 0 bridgehead atoms. The van der Waals surface area contributed by atoms with E-state index in [1.165, 1.54) is 0 Å². The van der Waals surface area contributed by atoms with E-state index in [-0.39, 0.29) is 6.61 Å².